The molecule has 0 N–H and O–H groups in total. The lowest BCUT2D eigenvalue weighted by Gasteiger charge is -2.12. The summed E-state index contributed by atoms with van der Waals surface area (Å²) in [6.45, 7) is 10.1. The predicted octanol–water partition coefficient (Wildman–Crippen LogP) is 0.802. The molecule has 0 spiro atoms. The Balaban J connectivity index is 1.90. The van der Waals surface area contributed by atoms with Gasteiger partial charge in [-0.15, -0.1) is 0 Å². The van der Waals surface area contributed by atoms with Crippen molar-refractivity contribution in [3.05, 3.63) is 12.2 Å². The van der Waals surface area contributed by atoms with Crippen LogP contribution in [0, 0.1) is 0 Å². The number of carbonyl (C=O) groups excluding carboxylic acids is 1. The maximum atomic E-state index is 11.2. The van der Waals surface area contributed by atoms with Gasteiger partial charge >= 0.3 is 5.97 Å². The van der Waals surface area contributed by atoms with Gasteiger partial charge in [0.05, 0.1) is 26.6 Å². The zero-order valence-electron chi connectivity index (χ0n) is 10.4. The quantitative estimate of drug-likeness (QED) is 0.358. The van der Waals surface area contributed by atoms with Crippen molar-refractivity contribution < 1.29 is 19.0 Å². The van der Waals surface area contributed by atoms with Crippen LogP contribution in [0.3, 0.4) is 0 Å². The average Bonchev–Trinajstić information content (AvgIpc) is 2.85. The summed E-state index contributed by atoms with van der Waals surface area (Å²) < 4.78 is 15.5. The zero-order chi connectivity index (χ0) is 12.5. The number of rotatable bonds is 8. The smallest absolute Gasteiger partial charge is 0.333 e. The highest BCUT2D eigenvalue weighted by atomic mass is 16.6. The second-order valence-electron chi connectivity index (χ2n) is 3.86. The van der Waals surface area contributed by atoms with Crippen molar-refractivity contribution >= 4 is 5.97 Å². The summed E-state index contributed by atoms with van der Waals surface area (Å²) in [4.78, 5) is 13.4. The second kappa shape index (κ2) is 8.22. The molecule has 5 heteroatoms. The first-order valence-corrected chi connectivity index (χ1v) is 5.96. The third kappa shape index (κ3) is 5.81. The van der Waals surface area contributed by atoms with Crippen molar-refractivity contribution in [2.75, 3.05) is 46.2 Å². The van der Waals surface area contributed by atoms with Crippen molar-refractivity contribution in [1.29, 1.82) is 0 Å². The Bertz CT molecular complexity index is 249. The number of esters is 1. The van der Waals surface area contributed by atoms with Gasteiger partial charge < -0.3 is 14.2 Å². The average molecular weight is 243 g/mol. The number of hydrogen-bond donors (Lipinski definition) is 0. The van der Waals surface area contributed by atoms with Gasteiger partial charge in [-0.05, 0) is 6.42 Å². The molecule has 0 aliphatic carbocycles. The van der Waals surface area contributed by atoms with E-state index in [0.29, 0.717) is 31.9 Å². The topological polar surface area (TPSA) is 48.0 Å². The Kier molecular flexibility index (Phi) is 6.84. The molecule has 0 saturated carbocycles. The molecule has 1 rings (SSSR count). The molecule has 17 heavy (non-hydrogen) atoms. The van der Waals surface area contributed by atoms with Crippen molar-refractivity contribution in [3.63, 3.8) is 0 Å². The first-order chi connectivity index (χ1) is 8.24. The highest BCUT2D eigenvalue weighted by Gasteiger charge is 2.10. The standard InChI is InChI=1S/C12H21NO4/c1-3-11(2)12(14)17-9-8-15-6-4-13-5-7-16-10-13/h2-10H2,1H3. The number of nitrogens with zero attached hydrogens (tertiary/aromatic N) is 1. The van der Waals surface area contributed by atoms with E-state index in [-0.39, 0.29) is 12.6 Å². The Morgan fingerprint density at radius 3 is 2.88 bits per heavy atom. The molecule has 0 aromatic heterocycles. The van der Waals surface area contributed by atoms with Crippen molar-refractivity contribution in [2.45, 2.75) is 13.3 Å². The van der Waals surface area contributed by atoms with Gasteiger partial charge in [0.1, 0.15) is 6.61 Å². The number of hydrogen-bond acceptors (Lipinski definition) is 5. The van der Waals surface area contributed by atoms with E-state index in [2.05, 4.69) is 11.5 Å². The van der Waals surface area contributed by atoms with E-state index >= 15 is 0 Å². The van der Waals surface area contributed by atoms with Crippen LogP contribution in [-0.4, -0.2) is 57.1 Å². The largest absolute Gasteiger partial charge is 0.460 e. The Morgan fingerprint density at radius 2 is 2.24 bits per heavy atom. The Hall–Kier alpha value is -0.910. The Labute approximate surface area is 102 Å². The van der Waals surface area contributed by atoms with E-state index < -0.39 is 0 Å². The third-order valence-corrected chi connectivity index (χ3v) is 2.55. The van der Waals surface area contributed by atoms with Crippen molar-refractivity contribution in [1.82, 2.24) is 4.90 Å². The maximum absolute atomic E-state index is 11.2. The van der Waals surface area contributed by atoms with Gasteiger partial charge in [0.25, 0.3) is 0 Å². The van der Waals surface area contributed by atoms with Crippen LogP contribution in [0.2, 0.25) is 0 Å². The molecule has 0 unspecified atom stereocenters. The third-order valence-electron chi connectivity index (χ3n) is 2.55. The molecule has 0 aromatic rings. The molecule has 0 aromatic carbocycles. The summed E-state index contributed by atoms with van der Waals surface area (Å²) >= 11 is 0. The molecule has 5 nitrogen and oxygen atoms in total. The lowest BCUT2D eigenvalue weighted by molar-refractivity contribution is -0.140. The SMILES string of the molecule is C=C(CC)C(=O)OCCOCCN1CCOC1. The van der Waals surface area contributed by atoms with Crippen molar-refractivity contribution in [3.8, 4) is 0 Å². The first-order valence-electron chi connectivity index (χ1n) is 5.96. The summed E-state index contributed by atoms with van der Waals surface area (Å²) in [7, 11) is 0. The van der Waals surface area contributed by atoms with Crippen LogP contribution in [0.15, 0.2) is 12.2 Å². The molecule has 1 aliphatic rings. The minimum absolute atomic E-state index is 0.286. The molecule has 1 aliphatic heterocycles. The van der Waals surface area contributed by atoms with E-state index in [1.54, 1.807) is 0 Å². The van der Waals surface area contributed by atoms with Crippen LogP contribution in [-0.2, 0) is 19.0 Å². The van der Waals surface area contributed by atoms with Crippen LogP contribution in [0.5, 0.6) is 0 Å². The minimum Gasteiger partial charge on any atom is -0.460 e. The minimum atomic E-state index is -0.330. The molecule has 98 valence electrons. The predicted molar refractivity (Wildman–Crippen MR) is 63.6 cm³/mol. The summed E-state index contributed by atoms with van der Waals surface area (Å²) in [5.41, 5.74) is 0.499. The summed E-state index contributed by atoms with van der Waals surface area (Å²) in [5.74, 6) is -0.330. The molecule has 1 fully saturated rings. The summed E-state index contributed by atoms with van der Waals surface area (Å²) in [6.07, 6.45) is 0.620. The van der Waals surface area contributed by atoms with Crippen LogP contribution in [0.4, 0.5) is 0 Å². The monoisotopic (exact) mass is 243 g/mol. The first kappa shape index (κ1) is 14.2. The highest BCUT2D eigenvalue weighted by Crippen LogP contribution is 1.99. The van der Waals surface area contributed by atoms with Gasteiger partial charge in [-0.3, -0.25) is 4.90 Å². The molecular formula is C12H21NO4. The number of ether oxygens (including phenoxy) is 3. The zero-order valence-corrected chi connectivity index (χ0v) is 10.4. The Morgan fingerprint density at radius 1 is 1.41 bits per heavy atom. The van der Waals surface area contributed by atoms with Gasteiger partial charge in [-0.1, -0.05) is 13.5 Å². The van der Waals surface area contributed by atoms with Crippen LogP contribution in [0.25, 0.3) is 0 Å². The molecule has 0 radical (unpaired) electrons. The lowest BCUT2D eigenvalue weighted by atomic mass is 10.2. The van der Waals surface area contributed by atoms with Gasteiger partial charge in [0.15, 0.2) is 0 Å². The highest BCUT2D eigenvalue weighted by molar-refractivity contribution is 5.87. The van der Waals surface area contributed by atoms with Crippen LogP contribution >= 0.6 is 0 Å². The van der Waals surface area contributed by atoms with Crippen LogP contribution in [0.1, 0.15) is 13.3 Å². The van der Waals surface area contributed by atoms with E-state index in [4.69, 9.17) is 14.2 Å². The molecular weight excluding hydrogens is 222 g/mol. The summed E-state index contributed by atoms with van der Waals surface area (Å²) in [6, 6.07) is 0. The van der Waals surface area contributed by atoms with Gasteiger partial charge in [-0.25, -0.2) is 4.79 Å². The number of carbonyl (C=O) groups is 1. The van der Waals surface area contributed by atoms with E-state index in [1.165, 1.54) is 0 Å². The second-order valence-corrected chi connectivity index (χ2v) is 3.86. The molecule has 0 bridgehead atoms. The molecule has 0 atom stereocenters. The van der Waals surface area contributed by atoms with E-state index in [9.17, 15) is 4.79 Å². The molecule has 0 amide bonds. The fourth-order valence-corrected chi connectivity index (χ4v) is 1.36. The van der Waals surface area contributed by atoms with Crippen LogP contribution < -0.4 is 0 Å². The van der Waals surface area contributed by atoms with Gasteiger partial charge in [0.2, 0.25) is 0 Å². The molecule has 1 saturated heterocycles. The van der Waals surface area contributed by atoms with Gasteiger partial charge in [0, 0.05) is 18.7 Å². The fraction of sp³-hybridized carbons (Fsp3) is 0.750. The maximum Gasteiger partial charge on any atom is 0.333 e. The normalized spacial score (nSPS) is 16.1. The lowest BCUT2D eigenvalue weighted by Crippen LogP contribution is -2.25. The van der Waals surface area contributed by atoms with Gasteiger partial charge in [-0.2, -0.15) is 0 Å². The molecule has 1 heterocycles. The summed E-state index contributed by atoms with van der Waals surface area (Å²) in [5, 5.41) is 0. The van der Waals surface area contributed by atoms with E-state index in [1.807, 2.05) is 6.92 Å². The fourth-order valence-electron chi connectivity index (χ4n) is 1.36. The van der Waals surface area contributed by atoms with E-state index in [0.717, 1.165) is 19.7 Å². The van der Waals surface area contributed by atoms with Crippen molar-refractivity contribution in [2.24, 2.45) is 0 Å².